The summed E-state index contributed by atoms with van der Waals surface area (Å²) >= 11 is 0. The topological polar surface area (TPSA) is 64.4 Å². The Labute approximate surface area is 114 Å². The Morgan fingerprint density at radius 2 is 1.94 bits per heavy atom. The number of nitrogens with one attached hydrogen (secondary N) is 1. The molecule has 0 heterocycles. The first-order valence-corrected chi connectivity index (χ1v) is 5.78. The zero-order chi connectivity index (χ0) is 12.8. The number of nitrogens with two attached hydrogens (primary N) is 1. The highest BCUT2D eigenvalue weighted by Gasteiger charge is 2.14. The number of methoxy groups -OCH3 is 1. The van der Waals surface area contributed by atoms with Crippen LogP contribution in [0.2, 0.25) is 0 Å². The molecule has 1 aromatic rings. The summed E-state index contributed by atoms with van der Waals surface area (Å²) in [7, 11) is 1.63. The molecule has 0 bridgehead atoms. The molecule has 0 fully saturated rings. The summed E-state index contributed by atoms with van der Waals surface area (Å²) in [6, 6.07) is 7.19. The van der Waals surface area contributed by atoms with Gasteiger partial charge in [0.15, 0.2) is 0 Å². The number of carbonyl (C=O) groups is 1. The summed E-state index contributed by atoms with van der Waals surface area (Å²) in [6.07, 6.45) is 0.824. The molecule has 0 radical (unpaired) electrons. The van der Waals surface area contributed by atoms with Gasteiger partial charge in [0.05, 0.1) is 19.2 Å². The van der Waals surface area contributed by atoms with Crippen LogP contribution in [-0.4, -0.2) is 19.1 Å². The molecule has 1 rings (SSSR count). The minimum absolute atomic E-state index is 0. The van der Waals surface area contributed by atoms with Crippen LogP contribution < -0.4 is 15.8 Å². The maximum atomic E-state index is 11.5. The Hall–Kier alpha value is -1.26. The highest BCUT2D eigenvalue weighted by molar-refractivity contribution is 5.85. The van der Waals surface area contributed by atoms with Crippen molar-refractivity contribution >= 4 is 18.3 Å². The Balaban J connectivity index is 0.00000289. The van der Waals surface area contributed by atoms with Crippen LogP contribution in [0.1, 0.15) is 31.9 Å². The van der Waals surface area contributed by atoms with Crippen molar-refractivity contribution in [3.8, 4) is 5.75 Å². The zero-order valence-electron chi connectivity index (χ0n) is 11.0. The summed E-state index contributed by atoms with van der Waals surface area (Å²) in [5, 5.41) is 2.92. The van der Waals surface area contributed by atoms with E-state index in [4.69, 9.17) is 10.5 Å². The average molecular weight is 273 g/mol. The van der Waals surface area contributed by atoms with E-state index in [0.29, 0.717) is 0 Å². The van der Waals surface area contributed by atoms with Crippen LogP contribution in [0.5, 0.6) is 5.75 Å². The first-order chi connectivity index (χ1) is 8.08. The Morgan fingerprint density at radius 1 is 1.39 bits per heavy atom. The fraction of sp³-hybridized carbons (Fsp3) is 0.462. The van der Waals surface area contributed by atoms with Crippen molar-refractivity contribution in [2.45, 2.75) is 32.4 Å². The third-order valence-electron chi connectivity index (χ3n) is 2.66. The van der Waals surface area contributed by atoms with Crippen molar-refractivity contribution in [2.75, 3.05) is 7.11 Å². The van der Waals surface area contributed by atoms with Gasteiger partial charge < -0.3 is 15.8 Å². The predicted octanol–water partition coefficient (Wildman–Crippen LogP) is 2.03. The molecule has 102 valence electrons. The minimum Gasteiger partial charge on any atom is -0.497 e. The Morgan fingerprint density at radius 3 is 2.33 bits per heavy atom. The highest BCUT2D eigenvalue weighted by Crippen LogP contribution is 2.19. The maximum absolute atomic E-state index is 11.5. The molecule has 0 saturated carbocycles. The molecule has 0 spiro atoms. The maximum Gasteiger partial charge on any atom is 0.237 e. The molecule has 3 N–H and O–H groups in total. The van der Waals surface area contributed by atoms with E-state index in [1.165, 1.54) is 0 Å². The number of amides is 1. The number of rotatable bonds is 5. The van der Waals surface area contributed by atoms with Gasteiger partial charge in [-0.1, -0.05) is 19.1 Å². The Bertz CT molecular complexity index is 366. The summed E-state index contributed by atoms with van der Waals surface area (Å²) in [5.41, 5.74) is 6.59. The molecule has 2 atom stereocenters. The lowest BCUT2D eigenvalue weighted by Crippen LogP contribution is -2.40. The van der Waals surface area contributed by atoms with Crippen molar-refractivity contribution in [1.82, 2.24) is 5.32 Å². The van der Waals surface area contributed by atoms with E-state index in [-0.39, 0.29) is 24.4 Å². The molecule has 18 heavy (non-hydrogen) atoms. The number of hydrogen-bond acceptors (Lipinski definition) is 3. The van der Waals surface area contributed by atoms with Crippen LogP contribution in [0, 0.1) is 0 Å². The number of ether oxygens (including phenoxy) is 1. The number of benzene rings is 1. The van der Waals surface area contributed by atoms with Crippen LogP contribution >= 0.6 is 12.4 Å². The lowest BCUT2D eigenvalue weighted by Gasteiger charge is -2.19. The molecule has 0 saturated heterocycles. The lowest BCUT2D eigenvalue weighted by molar-refractivity contribution is -0.122. The summed E-state index contributed by atoms with van der Waals surface area (Å²) in [5.74, 6) is 0.676. The molecule has 1 unspecified atom stereocenters. The number of halogens is 1. The van der Waals surface area contributed by atoms with E-state index in [0.717, 1.165) is 17.7 Å². The van der Waals surface area contributed by atoms with Crippen molar-refractivity contribution in [3.05, 3.63) is 29.8 Å². The van der Waals surface area contributed by atoms with E-state index < -0.39 is 6.04 Å². The van der Waals surface area contributed by atoms with Crippen molar-refractivity contribution < 1.29 is 9.53 Å². The molecule has 0 aliphatic carbocycles. The van der Waals surface area contributed by atoms with Gasteiger partial charge in [-0.15, -0.1) is 12.4 Å². The molecule has 1 amide bonds. The molecule has 0 aliphatic heterocycles. The van der Waals surface area contributed by atoms with Gasteiger partial charge in [0.1, 0.15) is 5.75 Å². The van der Waals surface area contributed by atoms with Crippen LogP contribution in [0.25, 0.3) is 0 Å². The van der Waals surface area contributed by atoms with Crippen molar-refractivity contribution in [3.63, 3.8) is 0 Å². The zero-order valence-corrected chi connectivity index (χ0v) is 11.8. The summed E-state index contributed by atoms with van der Waals surface area (Å²) < 4.78 is 5.09. The van der Waals surface area contributed by atoms with Crippen LogP contribution in [0.3, 0.4) is 0 Å². The second kappa shape index (κ2) is 7.95. The van der Waals surface area contributed by atoms with Gasteiger partial charge in [0, 0.05) is 0 Å². The second-order valence-electron chi connectivity index (χ2n) is 4.03. The minimum atomic E-state index is -0.484. The van der Waals surface area contributed by atoms with Gasteiger partial charge in [-0.3, -0.25) is 4.79 Å². The van der Waals surface area contributed by atoms with Crippen LogP contribution in [0.15, 0.2) is 24.3 Å². The normalized spacial score (nSPS) is 13.1. The predicted molar refractivity (Wildman–Crippen MR) is 75.1 cm³/mol. The van der Waals surface area contributed by atoms with Gasteiger partial charge >= 0.3 is 0 Å². The first kappa shape index (κ1) is 16.7. The number of hydrogen-bond donors (Lipinski definition) is 2. The van der Waals surface area contributed by atoms with Gasteiger partial charge in [-0.2, -0.15) is 0 Å². The standard InChI is InChI=1S/C13H20N2O2.ClH/c1-4-12(15-13(16)9(2)14)10-5-7-11(17-3)8-6-10;/h5-9,12H,4,14H2,1-3H3,(H,15,16);1H/t9-,12?;/m0./s1. The van der Waals surface area contributed by atoms with E-state index >= 15 is 0 Å². The molecule has 0 aromatic heterocycles. The lowest BCUT2D eigenvalue weighted by atomic mass is 10.0. The fourth-order valence-corrected chi connectivity index (χ4v) is 1.56. The first-order valence-electron chi connectivity index (χ1n) is 5.78. The molecular formula is C13H21ClN2O2. The quantitative estimate of drug-likeness (QED) is 0.862. The summed E-state index contributed by atoms with van der Waals surface area (Å²) in [6.45, 7) is 3.70. The fourth-order valence-electron chi connectivity index (χ4n) is 1.56. The highest BCUT2D eigenvalue weighted by atomic mass is 35.5. The SMILES string of the molecule is CCC(NC(=O)[C@H](C)N)c1ccc(OC)cc1.Cl. The second-order valence-corrected chi connectivity index (χ2v) is 4.03. The Kier molecular flexibility index (Phi) is 7.39. The molecule has 4 nitrogen and oxygen atoms in total. The van der Waals surface area contributed by atoms with Gasteiger partial charge in [-0.25, -0.2) is 0 Å². The van der Waals surface area contributed by atoms with Crippen LogP contribution in [-0.2, 0) is 4.79 Å². The van der Waals surface area contributed by atoms with Crippen molar-refractivity contribution in [1.29, 1.82) is 0 Å². The van der Waals surface area contributed by atoms with E-state index in [1.54, 1.807) is 14.0 Å². The smallest absolute Gasteiger partial charge is 0.237 e. The molecule has 0 aliphatic rings. The van der Waals surface area contributed by atoms with E-state index in [2.05, 4.69) is 5.32 Å². The van der Waals surface area contributed by atoms with E-state index in [1.807, 2.05) is 31.2 Å². The van der Waals surface area contributed by atoms with Crippen LogP contribution in [0.4, 0.5) is 0 Å². The monoisotopic (exact) mass is 272 g/mol. The third kappa shape index (κ3) is 4.55. The molecular weight excluding hydrogens is 252 g/mol. The van der Waals surface area contributed by atoms with Crippen molar-refractivity contribution in [2.24, 2.45) is 5.73 Å². The molecule has 5 heteroatoms. The third-order valence-corrected chi connectivity index (χ3v) is 2.66. The number of carbonyl (C=O) groups excluding carboxylic acids is 1. The van der Waals surface area contributed by atoms with Gasteiger partial charge in [-0.05, 0) is 31.0 Å². The molecule has 1 aromatic carbocycles. The van der Waals surface area contributed by atoms with Gasteiger partial charge in [0.2, 0.25) is 5.91 Å². The summed E-state index contributed by atoms with van der Waals surface area (Å²) in [4.78, 5) is 11.5. The van der Waals surface area contributed by atoms with E-state index in [9.17, 15) is 4.79 Å². The average Bonchev–Trinajstić information content (AvgIpc) is 2.35. The van der Waals surface area contributed by atoms with Gasteiger partial charge in [0.25, 0.3) is 0 Å². The largest absolute Gasteiger partial charge is 0.497 e.